The summed E-state index contributed by atoms with van der Waals surface area (Å²) in [6, 6.07) is 3.95. The highest BCUT2D eigenvalue weighted by atomic mass is 16.5. The number of nitrogens with one attached hydrogen (secondary N) is 1. The number of pyridine rings is 1. The molecule has 17 heavy (non-hydrogen) atoms. The molecule has 0 spiro atoms. The average Bonchev–Trinajstić information content (AvgIpc) is 2.77. The summed E-state index contributed by atoms with van der Waals surface area (Å²) >= 11 is 0. The van der Waals surface area contributed by atoms with Gasteiger partial charge in [0.15, 0.2) is 0 Å². The number of anilines is 2. The number of hydrogen-bond donors (Lipinski definition) is 1. The fourth-order valence-corrected chi connectivity index (χ4v) is 1.47. The molecule has 0 amide bonds. The molecule has 0 atom stereocenters. The summed E-state index contributed by atoms with van der Waals surface area (Å²) in [4.78, 5) is 8.48. The lowest BCUT2D eigenvalue weighted by Gasteiger charge is -2.09. The van der Waals surface area contributed by atoms with Gasteiger partial charge in [-0.05, 0) is 19.1 Å². The minimum absolute atomic E-state index is 0.664. The van der Waals surface area contributed by atoms with E-state index in [0.717, 1.165) is 23.9 Å². The minimum atomic E-state index is 0.664. The Bertz CT molecular complexity index is 464. The first-order chi connectivity index (χ1) is 8.29. The Hall–Kier alpha value is -1.88. The zero-order chi connectivity index (χ0) is 12.1. The van der Waals surface area contributed by atoms with Crippen molar-refractivity contribution in [3.63, 3.8) is 0 Å². The summed E-state index contributed by atoms with van der Waals surface area (Å²) in [5.41, 5.74) is 1.93. The van der Waals surface area contributed by atoms with Crippen molar-refractivity contribution in [2.75, 3.05) is 19.0 Å². The highest BCUT2D eigenvalue weighted by molar-refractivity contribution is 5.52. The van der Waals surface area contributed by atoms with Crippen LogP contribution in [0.5, 0.6) is 0 Å². The molecule has 5 heteroatoms. The van der Waals surface area contributed by atoms with Crippen molar-refractivity contribution < 1.29 is 4.74 Å². The fraction of sp³-hybridized carbons (Fsp3) is 0.333. The number of hydrogen-bond acceptors (Lipinski definition) is 4. The van der Waals surface area contributed by atoms with Crippen LogP contribution in [0.25, 0.3) is 0 Å². The van der Waals surface area contributed by atoms with Gasteiger partial charge in [0, 0.05) is 31.7 Å². The number of aryl methyl sites for hydroxylation is 1. The Labute approximate surface area is 100 Å². The van der Waals surface area contributed by atoms with Gasteiger partial charge in [-0.25, -0.2) is 4.98 Å². The lowest BCUT2D eigenvalue weighted by molar-refractivity contribution is 0.188. The number of methoxy groups -OCH3 is 1. The van der Waals surface area contributed by atoms with E-state index in [2.05, 4.69) is 15.3 Å². The first kappa shape index (κ1) is 11.6. The van der Waals surface area contributed by atoms with Crippen LogP contribution in [0.1, 0.15) is 5.69 Å². The van der Waals surface area contributed by atoms with E-state index in [0.29, 0.717) is 6.61 Å². The van der Waals surface area contributed by atoms with E-state index in [4.69, 9.17) is 4.74 Å². The molecular weight excluding hydrogens is 216 g/mol. The molecule has 0 saturated heterocycles. The van der Waals surface area contributed by atoms with Gasteiger partial charge in [0.05, 0.1) is 18.5 Å². The molecule has 2 heterocycles. The Morgan fingerprint density at radius 1 is 1.35 bits per heavy atom. The van der Waals surface area contributed by atoms with Gasteiger partial charge in [-0.2, -0.15) is 0 Å². The molecular formula is C12H16N4O. The van der Waals surface area contributed by atoms with E-state index in [1.807, 2.05) is 29.8 Å². The lowest BCUT2D eigenvalue weighted by Crippen LogP contribution is -2.07. The summed E-state index contributed by atoms with van der Waals surface area (Å²) < 4.78 is 7.05. The Morgan fingerprint density at radius 3 is 2.94 bits per heavy atom. The van der Waals surface area contributed by atoms with Crippen molar-refractivity contribution in [2.45, 2.75) is 13.5 Å². The zero-order valence-corrected chi connectivity index (χ0v) is 10.1. The Kier molecular flexibility index (Phi) is 3.72. The largest absolute Gasteiger partial charge is 0.383 e. The van der Waals surface area contributed by atoms with Gasteiger partial charge in [0.1, 0.15) is 0 Å². The lowest BCUT2D eigenvalue weighted by atomic mass is 10.3. The second-order valence-electron chi connectivity index (χ2n) is 3.75. The van der Waals surface area contributed by atoms with E-state index in [-0.39, 0.29) is 0 Å². The number of rotatable bonds is 5. The third-order valence-electron chi connectivity index (χ3n) is 2.42. The SMILES string of the molecule is COCCn1ccnc1Nc1ccc(C)nc1. The standard InChI is InChI=1S/C12H16N4O/c1-10-3-4-11(9-14-10)15-12-13-5-6-16(12)7-8-17-2/h3-6,9H,7-8H2,1-2H3,(H,13,15). The first-order valence-corrected chi connectivity index (χ1v) is 5.49. The van der Waals surface area contributed by atoms with Crippen molar-refractivity contribution in [2.24, 2.45) is 0 Å². The quantitative estimate of drug-likeness (QED) is 0.856. The maximum atomic E-state index is 5.05. The Morgan fingerprint density at radius 2 is 2.24 bits per heavy atom. The highest BCUT2D eigenvalue weighted by Gasteiger charge is 2.02. The van der Waals surface area contributed by atoms with Gasteiger partial charge < -0.3 is 14.6 Å². The number of nitrogens with zero attached hydrogens (tertiary/aromatic N) is 3. The molecule has 1 N–H and O–H groups in total. The van der Waals surface area contributed by atoms with Crippen molar-refractivity contribution in [1.29, 1.82) is 0 Å². The maximum absolute atomic E-state index is 5.05. The van der Waals surface area contributed by atoms with Gasteiger partial charge in [-0.1, -0.05) is 0 Å². The first-order valence-electron chi connectivity index (χ1n) is 5.49. The maximum Gasteiger partial charge on any atom is 0.207 e. The van der Waals surface area contributed by atoms with Crippen LogP contribution in [-0.4, -0.2) is 28.3 Å². The molecule has 2 aromatic heterocycles. The van der Waals surface area contributed by atoms with Crippen LogP contribution in [0.15, 0.2) is 30.7 Å². The second kappa shape index (κ2) is 5.45. The van der Waals surface area contributed by atoms with Gasteiger partial charge in [-0.3, -0.25) is 4.98 Å². The van der Waals surface area contributed by atoms with E-state index in [9.17, 15) is 0 Å². The molecule has 5 nitrogen and oxygen atoms in total. The van der Waals surface area contributed by atoms with Gasteiger partial charge in [0.2, 0.25) is 5.95 Å². The van der Waals surface area contributed by atoms with E-state index in [1.54, 1.807) is 19.5 Å². The summed E-state index contributed by atoms with van der Waals surface area (Å²) in [5.74, 6) is 0.799. The third-order valence-corrected chi connectivity index (χ3v) is 2.42. The molecule has 90 valence electrons. The molecule has 0 fully saturated rings. The van der Waals surface area contributed by atoms with E-state index < -0.39 is 0 Å². The number of imidazole rings is 1. The van der Waals surface area contributed by atoms with Crippen LogP contribution in [-0.2, 0) is 11.3 Å². The second-order valence-corrected chi connectivity index (χ2v) is 3.75. The zero-order valence-electron chi connectivity index (χ0n) is 10.1. The summed E-state index contributed by atoms with van der Waals surface area (Å²) in [6.07, 6.45) is 5.48. The van der Waals surface area contributed by atoms with E-state index >= 15 is 0 Å². The van der Waals surface area contributed by atoms with Gasteiger partial charge >= 0.3 is 0 Å². The molecule has 2 rings (SSSR count). The smallest absolute Gasteiger partial charge is 0.207 e. The number of ether oxygens (including phenoxy) is 1. The molecule has 0 aromatic carbocycles. The van der Waals surface area contributed by atoms with Crippen molar-refractivity contribution in [3.05, 3.63) is 36.4 Å². The van der Waals surface area contributed by atoms with Crippen LogP contribution in [0.3, 0.4) is 0 Å². The Balaban J connectivity index is 2.07. The van der Waals surface area contributed by atoms with Crippen molar-refractivity contribution >= 4 is 11.6 Å². The van der Waals surface area contributed by atoms with Gasteiger partial charge in [-0.15, -0.1) is 0 Å². The highest BCUT2D eigenvalue weighted by Crippen LogP contribution is 2.13. The van der Waals surface area contributed by atoms with Crippen LogP contribution < -0.4 is 5.32 Å². The number of aromatic nitrogens is 3. The summed E-state index contributed by atoms with van der Waals surface area (Å²) in [5, 5.41) is 3.22. The van der Waals surface area contributed by atoms with Crippen LogP contribution >= 0.6 is 0 Å². The molecule has 0 aliphatic rings. The van der Waals surface area contributed by atoms with Gasteiger partial charge in [0.25, 0.3) is 0 Å². The van der Waals surface area contributed by atoms with Crippen molar-refractivity contribution in [1.82, 2.24) is 14.5 Å². The molecule has 0 unspecified atom stereocenters. The predicted molar refractivity (Wildman–Crippen MR) is 66.4 cm³/mol. The molecule has 0 radical (unpaired) electrons. The van der Waals surface area contributed by atoms with Crippen LogP contribution in [0, 0.1) is 6.92 Å². The topological polar surface area (TPSA) is 52.0 Å². The molecule has 0 aliphatic heterocycles. The normalized spacial score (nSPS) is 10.5. The van der Waals surface area contributed by atoms with E-state index in [1.165, 1.54) is 0 Å². The summed E-state index contributed by atoms with van der Waals surface area (Å²) in [6.45, 7) is 3.40. The fourth-order valence-electron chi connectivity index (χ4n) is 1.47. The molecule has 0 aliphatic carbocycles. The minimum Gasteiger partial charge on any atom is -0.383 e. The summed E-state index contributed by atoms with van der Waals surface area (Å²) in [7, 11) is 1.69. The van der Waals surface area contributed by atoms with Crippen molar-refractivity contribution in [3.8, 4) is 0 Å². The monoisotopic (exact) mass is 232 g/mol. The van der Waals surface area contributed by atoms with Crippen LogP contribution in [0.2, 0.25) is 0 Å². The molecule has 0 bridgehead atoms. The molecule has 2 aromatic rings. The molecule has 0 saturated carbocycles. The average molecular weight is 232 g/mol. The predicted octanol–water partition coefficient (Wildman–Crippen LogP) is 1.98. The van der Waals surface area contributed by atoms with Crippen LogP contribution in [0.4, 0.5) is 11.6 Å². The third kappa shape index (κ3) is 3.04.